The second-order valence-electron chi connectivity index (χ2n) is 7.14. The molecule has 0 amide bonds. The molecule has 10 heteroatoms. The highest BCUT2D eigenvalue weighted by Gasteiger charge is 2.12. The van der Waals surface area contributed by atoms with Gasteiger partial charge in [0.15, 0.2) is 5.96 Å². The van der Waals surface area contributed by atoms with Gasteiger partial charge in [0.1, 0.15) is 11.5 Å². The SMILES string of the molecule is CCCOc1ccc(CN=C(NCC)NCCc2c(C)nn(C)c2C)c(OC(F)F)c1.I. The summed E-state index contributed by atoms with van der Waals surface area (Å²) in [6.07, 6.45) is 1.63. The molecule has 0 aliphatic rings. The number of rotatable bonds is 11. The van der Waals surface area contributed by atoms with Crippen LogP contribution in [0.25, 0.3) is 0 Å². The highest BCUT2D eigenvalue weighted by atomic mass is 127. The van der Waals surface area contributed by atoms with E-state index in [0.29, 0.717) is 37.0 Å². The van der Waals surface area contributed by atoms with Crippen LogP contribution in [-0.4, -0.2) is 42.0 Å². The minimum atomic E-state index is -2.92. The van der Waals surface area contributed by atoms with Gasteiger partial charge in [0, 0.05) is 37.5 Å². The van der Waals surface area contributed by atoms with E-state index < -0.39 is 6.61 Å². The first-order chi connectivity index (χ1) is 14.8. The molecule has 0 aliphatic heterocycles. The third kappa shape index (κ3) is 8.44. The Balaban J connectivity index is 0.00000512. The fourth-order valence-electron chi connectivity index (χ4n) is 3.17. The summed E-state index contributed by atoms with van der Waals surface area (Å²) in [7, 11) is 1.93. The average molecular weight is 565 g/mol. The van der Waals surface area contributed by atoms with Crippen LogP contribution in [0.5, 0.6) is 11.5 Å². The Labute approximate surface area is 206 Å². The van der Waals surface area contributed by atoms with Crippen molar-refractivity contribution >= 4 is 29.9 Å². The highest BCUT2D eigenvalue weighted by molar-refractivity contribution is 14.0. The maximum absolute atomic E-state index is 12.9. The lowest BCUT2D eigenvalue weighted by Gasteiger charge is -2.14. The number of aromatic nitrogens is 2. The van der Waals surface area contributed by atoms with Gasteiger partial charge in [-0.15, -0.1) is 24.0 Å². The number of aliphatic imine (C=N–C) groups is 1. The van der Waals surface area contributed by atoms with Crippen molar-refractivity contribution in [3.05, 3.63) is 40.7 Å². The van der Waals surface area contributed by atoms with Gasteiger partial charge in [0.2, 0.25) is 0 Å². The lowest BCUT2D eigenvalue weighted by Crippen LogP contribution is -2.38. The van der Waals surface area contributed by atoms with Crippen molar-refractivity contribution in [1.82, 2.24) is 20.4 Å². The lowest BCUT2D eigenvalue weighted by atomic mass is 10.1. The Morgan fingerprint density at radius 2 is 1.97 bits per heavy atom. The summed E-state index contributed by atoms with van der Waals surface area (Å²) in [6.45, 7) is 7.13. The summed E-state index contributed by atoms with van der Waals surface area (Å²) < 4.78 is 37.8. The molecule has 2 aromatic rings. The lowest BCUT2D eigenvalue weighted by molar-refractivity contribution is -0.0505. The van der Waals surface area contributed by atoms with E-state index in [1.54, 1.807) is 12.1 Å². The Hall–Kier alpha value is -2.11. The Morgan fingerprint density at radius 3 is 2.56 bits per heavy atom. The minimum Gasteiger partial charge on any atom is -0.493 e. The van der Waals surface area contributed by atoms with Gasteiger partial charge < -0.3 is 20.1 Å². The number of aryl methyl sites for hydroxylation is 2. The van der Waals surface area contributed by atoms with Crippen LogP contribution in [0.2, 0.25) is 0 Å². The molecule has 1 heterocycles. The van der Waals surface area contributed by atoms with Crippen molar-refractivity contribution in [2.24, 2.45) is 12.0 Å². The maximum Gasteiger partial charge on any atom is 0.387 e. The first-order valence-corrected chi connectivity index (χ1v) is 10.6. The molecule has 0 spiro atoms. The molecular weight excluding hydrogens is 531 g/mol. The van der Waals surface area contributed by atoms with E-state index in [1.165, 1.54) is 11.6 Å². The van der Waals surface area contributed by atoms with Gasteiger partial charge in [-0.1, -0.05) is 6.92 Å². The fraction of sp³-hybridized carbons (Fsp3) is 0.545. The summed E-state index contributed by atoms with van der Waals surface area (Å²) in [4.78, 5) is 4.53. The molecule has 0 aliphatic carbocycles. The molecule has 2 N–H and O–H groups in total. The van der Waals surface area contributed by atoms with Crippen molar-refractivity contribution < 1.29 is 18.3 Å². The van der Waals surface area contributed by atoms with Crippen LogP contribution in [0.4, 0.5) is 8.78 Å². The second kappa shape index (κ2) is 14.1. The van der Waals surface area contributed by atoms with E-state index in [1.807, 2.05) is 39.4 Å². The first-order valence-electron chi connectivity index (χ1n) is 10.6. The van der Waals surface area contributed by atoms with E-state index >= 15 is 0 Å². The predicted molar refractivity (Wildman–Crippen MR) is 133 cm³/mol. The van der Waals surface area contributed by atoms with Gasteiger partial charge >= 0.3 is 6.61 Å². The van der Waals surface area contributed by atoms with Crippen LogP contribution < -0.4 is 20.1 Å². The zero-order chi connectivity index (χ0) is 22.8. The van der Waals surface area contributed by atoms with Crippen LogP contribution in [-0.2, 0) is 20.0 Å². The zero-order valence-corrected chi connectivity index (χ0v) is 21.7. The molecule has 1 aromatic heterocycles. The van der Waals surface area contributed by atoms with Gasteiger partial charge in [-0.3, -0.25) is 4.68 Å². The number of guanidine groups is 1. The van der Waals surface area contributed by atoms with Gasteiger partial charge in [-0.25, -0.2) is 4.99 Å². The standard InChI is InChI=1S/C22H33F2N5O2.HI/c1-6-12-30-18-9-8-17(20(13-18)31-21(23)24)14-27-22(25-7-2)26-11-10-19-15(3)28-29(5)16(19)4;/h8-9,13,21H,6-7,10-12,14H2,1-5H3,(H2,25,26,27);1H. The van der Waals surface area contributed by atoms with E-state index in [-0.39, 0.29) is 36.3 Å². The van der Waals surface area contributed by atoms with Crippen LogP contribution in [0.15, 0.2) is 23.2 Å². The highest BCUT2D eigenvalue weighted by Crippen LogP contribution is 2.27. The number of hydrogen-bond donors (Lipinski definition) is 2. The Morgan fingerprint density at radius 1 is 1.22 bits per heavy atom. The quantitative estimate of drug-likeness (QED) is 0.241. The zero-order valence-electron chi connectivity index (χ0n) is 19.4. The monoisotopic (exact) mass is 565 g/mol. The van der Waals surface area contributed by atoms with E-state index in [0.717, 1.165) is 24.2 Å². The molecule has 32 heavy (non-hydrogen) atoms. The van der Waals surface area contributed by atoms with Crippen molar-refractivity contribution in [2.45, 2.75) is 53.7 Å². The maximum atomic E-state index is 12.9. The summed E-state index contributed by atoms with van der Waals surface area (Å²) in [6, 6.07) is 4.94. The summed E-state index contributed by atoms with van der Waals surface area (Å²) >= 11 is 0. The average Bonchev–Trinajstić information content (AvgIpc) is 2.96. The molecule has 0 fully saturated rings. The first kappa shape index (κ1) is 27.9. The predicted octanol–water partition coefficient (Wildman–Crippen LogP) is 4.34. The molecule has 0 saturated heterocycles. The van der Waals surface area contributed by atoms with Crippen LogP contribution >= 0.6 is 24.0 Å². The smallest absolute Gasteiger partial charge is 0.387 e. The second-order valence-corrected chi connectivity index (χ2v) is 7.14. The Bertz CT molecular complexity index is 874. The topological polar surface area (TPSA) is 72.7 Å². The third-order valence-corrected chi connectivity index (χ3v) is 4.81. The van der Waals surface area contributed by atoms with Crippen LogP contribution in [0.3, 0.4) is 0 Å². The largest absolute Gasteiger partial charge is 0.493 e. The molecule has 7 nitrogen and oxygen atoms in total. The number of hydrogen-bond acceptors (Lipinski definition) is 4. The third-order valence-electron chi connectivity index (χ3n) is 4.81. The molecule has 180 valence electrons. The van der Waals surface area contributed by atoms with Gasteiger partial charge in [0.05, 0.1) is 18.8 Å². The summed E-state index contributed by atoms with van der Waals surface area (Å²) in [5, 5.41) is 10.9. The number of nitrogens with zero attached hydrogens (tertiary/aromatic N) is 3. The number of alkyl halides is 2. The molecule has 0 atom stereocenters. The van der Waals surface area contributed by atoms with E-state index in [2.05, 4.69) is 20.7 Å². The van der Waals surface area contributed by atoms with Crippen molar-refractivity contribution in [2.75, 3.05) is 19.7 Å². The molecule has 2 rings (SSSR count). The number of halogens is 3. The Kier molecular flexibility index (Phi) is 12.3. The summed E-state index contributed by atoms with van der Waals surface area (Å²) in [5.74, 6) is 1.18. The van der Waals surface area contributed by atoms with E-state index in [9.17, 15) is 8.78 Å². The molecule has 0 unspecified atom stereocenters. The number of nitrogens with one attached hydrogen (secondary N) is 2. The van der Waals surface area contributed by atoms with Crippen LogP contribution in [0.1, 0.15) is 42.8 Å². The van der Waals surface area contributed by atoms with Crippen molar-refractivity contribution in [3.8, 4) is 11.5 Å². The van der Waals surface area contributed by atoms with Gasteiger partial charge in [-0.2, -0.15) is 13.9 Å². The number of benzene rings is 1. The van der Waals surface area contributed by atoms with Gasteiger partial charge in [0.25, 0.3) is 0 Å². The normalized spacial score (nSPS) is 11.3. The van der Waals surface area contributed by atoms with Crippen molar-refractivity contribution in [1.29, 1.82) is 0 Å². The molecular formula is C22H34F2IN5O2. The molecule has 0 bridgehead atoms. The van der Waals surface area contributed by atoms with Gasteiger partial charge in [-0.05, 0) is 51.3 Å². The molecule has 1 aromatic carbocycles. The van der Waals surface area contributed by atoms with Crippen LogP contribution in [0, 0.1) is 13.8 Å². The molecule has 0 saturated carbocycles. The summed E-state index contributed by atoms with van der Waals surface area (Å²) in [5.41, 5.74) is 3.92. The van der Waals surface area contributed by atoms with E-state index in [4.69, 9.17) is 9.47 Å². The van der Waals surface area contributed by atoms with Crippen molar-refractivity contribution in [3.63, 3.8) is 0 Å². The minimum absolute atomic E-state index is 0. The molecule has 0 radical (unpaired) electrons. The fourth-order valence-corrected chi connectivity index (χ4v) is 3.17. The number of ether oxygens (including phenoxy) is 2.